The van der Waals surface area contributed by atoms with Gasteiger partial charge in [0, 0.05) is 12.2 Å². The lowest BCUT2D eigenvalue weighted by atomic mass is 10.2. The molecule has 1 aromatic heterocycles. The monoisotopic (exact) mass is 253 g/mol. The Bertz CT molecular complexity index is 451. The number of aromatic nitrogens is 1. The van der Waals surface area contributed by atoms with Crippen molar-refractivity contribution in [2.75, 3.05) is 5.73 Å². The zero-order chi connectivity index (χ0) is 13.9. The Morgan fingerprint density at radius 2 is 2.06 bits per heavy atom. The van der Waals surface area contributed by atoms with Crippen LogP contribution < -0.4 is 11.5 Å². The van der Waals surface area contributed by atoms with E-state index >= 15 is 0 Å². The van der Waals surface area contributed by atoms with Crippen LogP contribution in [0.5, 0.6) is 0 Å². The second kappa shape index (κ2) is 5.57. The molecule has 1 rings (SSSR count). The van der Waals surface area contributed by atoms with E-state index in [1.54, 1.807) is 17.7 Å². The second-order valence-corrected chi connectivity index (χ2v) is 4.36. The van der Waals surface area contributed by atoms with Gasteiger partial charge < -0.3 is 20.8 Å². The van der Waals surface area contributed by atoms with Crippen molar-refractivity contribution in [1.82, 2.24) is 4.57 Å². The topological polar surface area (TPSA) is 100 Å². The molecule has 0 aliphatic rings. The SMILES string of the molecule is CCC(OC(=O)c1cc(N)cn1C(C)C)C(N)=O. The first-order valence-electron chi connectivity index (χ1n) is 5.84. The number of ether oxygens (including phenoxy) is 1. The van der Waals surface area contributed by atoms with Crippen LogP contribution in [0.4, 0.5) is 5.69 Å². The van der Waals surface area contributed by atoms with Gasteiger partial charge in [0.05, 0.1) is 5.69 Å². The van der Waals surface area contributed by atoms with Crippen LogP contribution in [0.25, 0.3) is 0 Å². The summed E-state index contributed by atoms with van der Waals surface area (Å²) in [6.45, 7) is 5.56. The summed E-state index contributed by atoms with van der Waals surface area (Å²) in [4.78, 5) is 23.0. The molecule has 1 unspecified atom stereocenters. The fourth-order valence-corrected chi connectivity index (χ4v) is 1.62. The summed E-state index contributed by atoms with van der Waals surface area (Å²) >= 11 is 0. The summed E-state index contributed by atoms with van der Waals surface area (Å²) in [6, 6.07) is 1.59. The number of primary amides is 1. The predicted molar refractivity (Wildman–Crippen MR) is 67.9 cm³/mol. The molecule has 1 atom stereocenters. The molecule has 18 heavy (non-hydrogen) atoms. The number of carbonyl (C=O) groups excluding carboxylic acids is 2. The predicted octanol–water partition coefficient (Wildman–Crippen LogP) is 1.07. The highest BCUT2D eigenvalue weighted by molar-refractivity contribution is 5.91. The van der Waals surface area contributed by atoms with Crippen LogP contribution in [-0.2, 0) is 9.53 Å². The van der Waals surface area contributed by atoms with E-state index in [1.165, 1.54) is 6.07 Å². The van der Waals surface area contributed by atoms with Gasteiger partial charge in [0.1, 0.15) is 5.69 Å². The molecule has 1 heterocycles. The van der Waals surface area contributed by atoms with Crippen LogP contribution in [0.2, 0.25) is 0 Å². The molecule has 6 heteroatoms. The molecule has 1 amide bonds. The standard InChI is InChI=1S/C12H19N3O3/c1-4-10(11(14)16)18-12(17)9-5-8(13)6-15(9)7(2)3/h5-7,10H,4,13H2,1-3H3,(H2,14,16). The summed E-state index contributed by atoms with van der Waals surface area (Å²) in [5.41, 5.74) is 11.6. The second-order valence-electron chi connectivity index (χ2n) is 4.36. The molecule has 0 aliphatic heterocycles. The molecular weight excluding hydrogens is 234 g/mol. The lowest BCUT2D eigenvalue weighted by Crippen LogP contribution is -2.33. The minimum atomic E-state index is -0.908. The molecule has 0 spiro atoms. The van der Waals surface area contributed by atoms with E-state index in [4.69, 9.17) is 16.2 Å². The molecule has 0 fully saturated rings. The normalized spacial score (nSPS) is 12.4. The van der Waals surface area contributed by atoms with Crippen LogP contribution in [0.1, 0.15) is 43.7 Å². The van der Waals surface area contributed by atoms with Gasteiger partial charge in [-0.15, -0.1) is 0 Å². The van der Waals surface area contributed by atoms with Crippen molar-refractivity contribution in [3.8, 4) is 0 Å². The van der Waals surface area contributed by atoms with Crippen LogP contribution in [0.3, 0.4) is 0 Å². The van der Waals surface area contributed by atoms with Crippen LogP contribution in [0.15, 0.2) is 12.3 Å². The number of rotatable bonds is 5. The third-order valence-electron chi connectivity index (χ3n) is 2.57. The summed E-state index contributed by atoms with van der Waals surface area (Å²) in [7, 11) is 0. The van der Waals surface area contributed by atoms with Crippen LogP contribution >= 0.6 is 0 Å². The number of hydrogen-bond acceptors (Lipinski definition) is 4. The highest BCUT2D eigenvalue weighted by Gasteiger charge is 2.22. The van der Waals surface area contributed by atoms with Crippen molar-refractivity contribution in [2.24, 2.45) is 5.73 Å². The van der Waals surface area contributed by atoms with Gasteiger partial charge in [-0.2, -0.15) is 0 Å². The number of nitrogens with two attached hydrogens (primary N) is 2. The fraction of sp³-hybridized carbons (Fsp3) is 0.500. The Morgan fingerprint density at radius 3 is 2.50 bits per heavy atom. The summed E-state index contributed by atoms with van der Waals surface area (Å²) < 4.78 is 6.76. The number of amides is 1. The average Bonchev–Trinajstić information content (AvgIpc) is 2.67. The Labute approximate surface area is 106 Å². The van der Waals surface area contributed by atoms with Crippen molar-refractivity contribution >= 4 is 17.6 Å². The highest BCUT2D eigenvalue weighted by atomic mass is 16.5. The first-order valence-corrected chi connectivity index (χ1v) is 5.84. The molecule has 1 aromatic rings. The molecule has 6 nitrogen and oxygen atoms in total. The Kier molecular flexibility index (Phi) is 4.36. The maximum atomic E-state index is 12.0. The number of esters is 1. The third-order valence-corrected chi connectivity index (χ3v) is 2.57. The van der Waals surface area contributed by atoms with Gasteiger partial charge in [-0.3, -0.25) is 4.79 Å². The number of nitrogen functional groups attached to an aromatic ring is 1. The van der Waals surface area contributed by atoms with E-state index in [1.807, 2.05) is 13.8 Å². The van der Waals surface area contributed by atoms with Crippen LogP contribution in [-0.4, -0.2) is 22.5 Å². The van der Waals surface area contributed by atoms with Gasteiger partial charge in [-0.25, -0.2) is 4.79 Å². The number of anilines is 1. The molecule has 0 bridgehead atoms. The van der Waals surface area contributed by atoms with Crippen molar-refractivity contribution < 1.29 is 14.3 Å². The highest BCUT2D eigenvalue weighted by Crippen LogP contribution is 2.18. The minimum absolute atomic E-state index is 0.0681. The number of carbonyl (C=O) groups is 2. The number of hydrogen-bond donors (Lipinski definition) is 2. The Balaban J connectivity index is 2.93. The first-order chi connectivity index (χ1) is 8.36. The van der Waals surface area contributed by atoms with Crippen molar-refractivity contribution in [2.45, 2.75) is 39.3 Å². The van der Waals surface area contributed by atoms with Gasteiger partial charge in [-0.05, 0) is 26.3 Å². The smallest absolute Gasteiger partial charge is 0.355 e. The molecule has 0 saturated heterocycles. The molecule has 0 saturated carbocycles. The maximum Gasteiger partial charge on any atom is 0.355 e. The van der Waals surface area contributed by atoms with Gasteiger partial charge in [0.15, 0.2) is 6.10 Å². The molecule has 100 valence electrons. The van der Waals surface area contributed by atoms with E-state index in [9.17, 15) is 9.59 Å². The van der Waals surface area contributed by atoms with Crippen LogP contribution in [0, 0.1) is 0 Å². The minimum Gasteiger partial charge on any atom is -0.448 e. The van der Waals surface area contributed by atoms with Gasteiger partial charge in [-0.1, -0.05) is 6.92 Å². The van der Waals surface area contributed by atoms with E-state index in [0.29, 0.717) is 17.8 Å². The summed E-state index contributed by atoms with van der Waals surface area (Å²) in [5.74, 6) is -1.24. The zero-order valence-electron chi connectivity index (χ0n) is 10.8. The molecule has 4 N–H and O–H groups in total. The Hall–Kier alpha value is -1.98. The summed E-state index contributed by atoms with van der Waals surface area (Å²) in [6.07, 6.45) is 1.10. The quantitative estimate of drug-likeness (QED) is 0.766. The van der Waals surface area contributed by atoms with Crippen molar-refractivity contribution in [3.05, 3.63) is 18.0 Å². The van der Waals surface area contributed by atoms with Gasteiger partial charge >= 0.3 is 5.97 Å². The molecule has 0 aliphatic carbocycles. The number of nitrogens with zero attached hydrogens (tertiary/aromatic N) is 1. The maximum absolute atomic E-state index is 12.0. The third kappa shape index (κ3) is 3.03. The van der Waals surface area contributed by atoms with Gasteiger partial charge in [0.2, 0.25) is 0 Å². The van der Waals surface area contributed by atoms with Gasteiger partial charge in [0.25, 0.3) is 5.91 Å². The molecule has 0 radical (unpaired) electrons. The first kappa shape index (κ1) is 14.1. The van der Waals surface area contributed by atoms with E-state index in [-0.39, 0.29) is 6.04 Å². The largest absolute Gasteiger partial charge is 0.448 e. The molecular formula is C12H19N3O3. The van der Waals surface area contributed by atoms with E-state index in [0.717, 1.165) is 0 Å². The van der Waals surface area contributed by atoms with Crippen molar-refractivity contribution in [3.63, 3.8) is 0 Å². The summed E-state index contributed by atoms with van der Waals surface area (Å²) in [5, 5.41) is 0. The van der Waals surface area contributed by atoms with E-state index < -0.39 is 18.0 Å². The lowest BCUT2D eigenvalue weighted by molar-refractivity contribution is -0.126. The average molecular weight is 253 g/mol. The van der Waals surface area contributed by atoms with Crippen molar-refractivity contribution in [1.29, 1.82) is 0 Å². The molecule has 0 aromatic carbocycles. The fourth-order valence-electron chi connectivity index (χ4n) is 1.62. The lowest BCUT2D eigenvalue weighted by Gasteiger charge is -2.15. The Morgan fingerprint density at radius 1 is 1.44 bits per heavy atom. The zero-order valence-corrected chi connectivity index (χ0v) is 10.8. The van der Waals surface area contributed by atoms with E-state index in [2.05, 4.69) is 0 Å².